The fourth-order valence-corrected chi connectivity index (χ4v) is 2.07. The lowest BCUT2D eigenvalue weighted by atomic mass is 10.3. The third kappa shape index (κ3) is 4.10. The molecule has 0 aliphatic heterocycles. The Morgan fingerprint density at radius 2 is 2.18 bits per heavy atom. The van der Waals surface area contributed by atoms with Crippen LogP contribution in [-0.2, 0) is 0 Å². The van der Waals surface area contributed by atoms with Crippen LogP contribution in [0.3, 0.4) is 0 Å². The number of amides is 1. The van der Waals surface area contributed by atoms with Crippen molar-refractivity contribution in [1.29, 1.82) is 5.26 Å². The predicted molar refractivity (Wildman–Crippen MR) is 84.3 cm³/mol. The number of aromatic nitrogens is 2. The van der Waals surface area contributed by atoms with Crippen LogP contribution in [0, 0.1) is 11.3 Å². The average Bonchev–Trinajstić information content (AvgIpc) is 2.54. The summed E-state index contributed by atoms with van der Waals surface area (Å²) in [6.45, 7) is -0.0281. The van der Waals surface area contributed by atoms with Gasteiger partial charge in [-0.3, -0.25) is 4.79 Å². The number of hydrogen-bond donors (Lipinski definition) is 1. The summed E-state index contributed by atoms with van der Waals surface area (Å²) >= 11 is 7.27. The van der Waals surface area contributed by atoms with Gasteiger partial charge in [-0.1, -0.05) is 23.4 Å². The first-order chi connectivity index (χ1) is 10.6. The largest absolute Gasteiger partial charge is 0.479 e. The molecule has 0 bridgehead atoms. The molecule has 1 heterocycles. The Kier molecular flexibility index (Phi) is 5.58. The standard InChI is InChI=1S/C14H11ClN4O2S/c1-22-14-17-8-11(15)12(19-14)13(20)18-9-2-4-10(5-3-9)21-7-6-16/h2-5,8H,7H2,1H3,(H,18,20). The highest BCUT2D eigenvalue weighted by Gasteiger charge is 2.14. The molecule has 2 rings (SSSR count). The summed E-state index contributed by atoms with van der Waals surface area (Å²) in [5, 5.41) is 11.8. The molecule has 2 aromatic rings. The van der Waals surface area contributed by atoms with Crippen molar-refractivity contribution in [3.05, 3.63) is 41.2 Å². The van der Waals surface area contributed by atoms with Crippen LogP contribution in [0.25, 0.3) is 0 Å². The molecule has 1 aromatic carbocycles. The molecule has 1 aromatic heterocycles. The van der Waals surface area contributed by atoms with Gasteiger partial charge in [0.1, 0.15) is 11.8 Å². The smallest absolute Gasteiger partial charge is 0.275 e. The van der Waals surface area contributed by atoms with E-state index in [0.29, 0.717) is 16.6 Å². The molecule has 0 saturated heterocycles. The Balaban J connectivity index is 2.10. The lowest BCUT2D eigenvalue weighted by Crippen LogP contribution is -2.15. The van der Waals surface area contributed by atoms with E-state index in [1.54, 1.807) is 24.3 Å². The molecule has 0 unspecified atom stereocenters. The third-order valence-corrected chi connectivity index (χ3v) is 3.37. The maximum Gasteiger partial charge on any atom is 0.275 e. The van der Waals surface area contributed by atoms with E-state index in [2.05, 4.69) is 15.3 Å². The van der Waals surface area contributed by atoms with Gasteiger partial charge < -0.3 is 10.1 Å². The van der Waals surface area contributed by atoms with Gasteiger partial charge in [0.2, 0.25) is 0 Å². The normalized spacial score (nSPS) is 9.86. The van der Waals surface area contributed by atoms with Crippen LogP contribution in [0.1, 0.15) is 10.5 Å². The Morgan fingerprint density at radius 3 is 2.82 bits per heavy atom. The van der Waals surface area contributed by atoms with Crippen LogP contribution in [0.15, 0.2) is 35.6 Å². The molecule has 0 saturated carbocycles. The minimum absolute atomic E-state index is 0.0281. The molecular formula is C14H11ClN4O2S. The topological polar surface area (TPSA) is 87.9 Å². The number of nitrogens with zero attached hydrogens (tertiary/aromatic N) is 3. The molecule has 0 aliphatic carbocycles. The van der Waals surface area contributed by atoms with Gasteiger partial charge in [0, 0.05) is 5.69 Å². The second-order valence-electron chi connectivity index (χ2n) is 3.98. The molecule has 0 aliphatic rings. The molecule has 0 fully saturated rings. The predicted octanol–water partition coefficient (Wildman–Crippen LogP) is 3.01. The van der Waals surface area contributed by atoms with Crippen LogP contribution < -0.4 is 10.1 Å². The maximum absolute atomic E-state index is 12.2. The van der Waals surface area contributed by atoms with E-state index in [4.69, 9.17) is 21.6 Å². The highest BCUT2D eigenvalue weighted by Crippen LogP contribution is 2.19. The van der Waals surface area contributed by atoms with Crippen molar-refractivity contribution in [3.63, 3.8) is 0 Å². The second kappa shape index (κ2) is 7.64. The first-order valence-electron chi connectivity index (χ1n) is 6.11. The molecule has 22 heavy (non-hydrogen) atoms. The average molecular weight is 335 g/mol. The number of benzene rings is 1. The Bertz CT molecular complexity index is 716. The summed E-state index contributed by atoms with van der Waals surface area (Å²) in [6, 6.07) is 8.51. The van der Waals surface area contributed by atoms with E-state index in [-0.39, 0.29) is 17.3 Å². The van der Waals surface area contributed by atoms with E-state index in [9.17, 15) is 4.79 Å². The van der Waals surface area contributed by atoms with Crippen molar-refractivity contribution in [3.8, 4) is 11.8 Å². The van der Waals surface area contributed by atoms with E-state index in [0.717, 1.165) is 0 Å². The zero-order valence-electron chi connectivity index (χ0n) is 11.5. The van der Waals surface area contributed by atoms with Gasteiger partial charge >= 0.3 is 0 Å². The van der Waals surface area contributed by atoms with E-state index >= 15 is 0 Å². The summed E-state index contributed by atoms with van der Waals surface area (Å²) in [5.41, 5.74) is 0.681. The van der Waals surface area contributed by atoms with Crippen LogP contribution in [0.2, 0.25) is 5.02 Å². The number of ether oxygens (including phenoxy) is 1. The number of nitriles is 1. The SMILES string of the molecule is CSc1ncc(Cl)c(C(=O)Nc2ccc(OCC#N)cc2)n1. The van der Waals surface area contributed by atoms with Crippen LogP contribution in [0.4, 0.5) is 5.69 Å². The molecule has 6 nitrogen and oxygen atoms in total. The van der Waals surface area contributed by atoms with Crippen molar-refractivity contribution in [2.45, 2.75) is 5.16 Å². The minimum atomic E-state index is -0.423. The molecule has 0 spiro atoms. The Hall–Kier alpha value is -2.30. The van der Waals surface area contributed by atoms with E-state index in [1.165, 1.54) is 18.0 Å². The van der Waals surface area contributed by atoms with Crippen molar-refractivity contribution in [2.24, 2.45) is 0 Å². The molecular weight excluding hydrogens is 324 g/mol. The van der Waals surface area contributed by atoms with Crippen molar-refractivity contribution in [2.75, 3.05) is 18.2 Å². The number of carbonyl (C=O) groups is 1. The monoisotopic (exact) mass is 334 g/mol. The number of thioether (sulfide) groups is 1. The summed E-state index contributed by atoms with van der Waals surface area (Å²) < 4.78 is 5.13. The van der Waals surface area contributed by atoms with Crippen LogP contribution in [-0.4, -0.2) is 28.7 Å². The van der Waals surface area contributed by atoms with Crippen LogP contribution >= 0.6 is 23.4 Å². The van der Waals surface area contributed by atoms with Gasteiger partial charge in [0.15, 0.2) is 17.5 Å². The maximum atomic E-state index is 12.2. The summed E-state index contributed by atoms with van der Waals surface area (Å²) in [4.78, 5) is 20.3. The number of carbonyl (C=O) groups excluding carboxylic acids is 1. The summed E-state index contributed by atoms with van der Waals surface area (Å²) in [6.07, 6.45) is 3.21. The quantitative estimate of drug-likeness (QED) is 0.668. The molecule has 0 radical (unpaired) electrons. The van der Waals surface area contributed by atoms with Gasteiger partial charge in [-0.05, 0) is 30.5 Å². The summed E-state index contributed by atoms with van der Waals surface area (Å²) in [5.74, 6) is 0.123. The number of hydrogen-bond acceptors (Lipinski definition) is 6. The zero-order chi connectivity index (χ0) is 15.9. The number of halogens is 1. The summed E-state index contributed by atoms with van der Waals surface area (Å²) in [7, 11) is 0. The fourth-order valence-electron chi connectivity index (χ4n) is 1.55. The van der Waals surface area contributed by atoms with Gasteiger partial charge in [0.25, 0.3) is 5.91 Å². The molecule has 1 N–H and O–H groups in total. The zero-order valence-corrected chi connectivity index (χ0v) is 13.1. The Labute approximate surface area is 136 Å². The highest BCUT2D eigenvalue weighted by atomic mass is 35.5. The first kappa shape index (κ1) is 16.1. The van der Waals surface area contributed by atoms with E-state index < -0.39 is 5.91 Å². The van der Waals surface area contributed by atoms with Crippen molar-refractivity contribution >= 4 is 35.0 Å². The molecule has 8 heteroatoms. The second-order valence-corrected chi connectivity index (χ2v) is 5.16. The minimum Gasteiger partial charge on any atom is -0.479 e. The molecule has 112 valence electrons. The fraction of sp³-hybridized carbons (Fsp3) is 0.143. The van der Waals surface area contributed by atoms with Crippen molar-refractivity contribution in [1.82, 2.24) is 9.97 Å². The van der Waals surface area contributed by atoms with E-state index in [1.807, 2.05) is 12.3 Å². The van der Waals surface area contributed by atoms with Gasteiger partial charge in [-0.25, -0.2) is 9.97 Å². The number of rotatable bonds is 5. The van der Waals surface area contributed by atoms with Crippen molar-refractivity contribution < 1.29 is 9.53 Å². The van der Waals surface area contributed by atoms with Gasteiger partial charge in [0.05, 0.1) is 11.2 Å². The number of nitrogens with one attached hydrogen (secondary N) is 1. The number of anilines is 1. The molecule has 0 atom stereocenters. The third-order valence-electron chi connectivity index (χ3n) is 2.54. The lowest BCUT2D eigenvalue weighted by Gasteiger charge is -2.07. The van der Waals surface area contributed by atoms with Crippen LogP contribution in [0.5, 0.6) is 5.75 Å². The van der Waals surface area contributed by atoms with Gasteiger partial charge in [-0.2, -0.15) is 5.26 Å². The Morgan fingerprint density at radius 1 is 1.45 bits per heavy atom. The van der Waals surface area contributed by atoms with Gasteiger partial charge in [-0.15, -0.1) is 0 Å². The lowest BCUT2D eigenvalue weighted by molar-refractivity contribution is 0.102. The highest BCUT2D eigenvalue weighted by molar-refractivity contribution is 7.98. The molecule has 1 amide bonds. The first-order valence-corrected chi connectivity index (χ1v) is 7.72.